The predicted molar refractivity (Wildman–Crippen MR) is 68.9 cm³/mol. The number of benzene rings is 1. The molecular weight excluding hydrogens is 305 g/mol. The van der Waals surface area contributed by atoms with Gasteiger partial charge in [-0.25, -0.2) is 4.39 Å². The van der Waals surface area contributed by atoms with E-state index in [0.29, 0.717) is 5.56 Å². The first-order chi connectivity index (χ1) is 8.45. The largest absolute Gasteiger partial charge is 0.389 e. The number of hydrogen-bond donors (Lipinski definition) is 1. The highest BCUT2D eigenvalue weighted by Gasteiger charge is 2.16. The number of ether oxygens (including phenoxy) is 1. The molecule has 0 fully saturated rings. The molecule has 0 unspecified atom stereocenters. The van der Waals surface area contributed by atoms with Crippen molar-refractivity contribution in [3.05, 3.63) is 34.1 Å². The fourth-order valence-electron chi connectivity index (χ4n) is 1.49. The SMILES string of the molecule is COC[C@@H](O)CN(C)C(=O)c1ccc(F)c(Br)c1. The Kier molecular flexibility index (Phi) is 5.71. The van der Waals surface area contributed by atoms with E-state index in [0.717, 1.165) is 0 Å². The molecule has 0 bridgehead atoms. The Balaban J connectivity index is 2.71. The molecule has 1 atom stereocenters. The van der Waals surface area contributed by atoms with Crippen molar-refractivity contribution in [1.82, 2.24) is 4.90 Å². The first-order valence-electron chi connectivity index (χ1n) is 5.33. The second kappa shape index (κ2) is 6.82. The van der Waals surface area contributed by atoms with Crippen molar-refractivity contribution in [3.8, 4) is 0 Å². The Labute approximate surface area is 113 Å². The molecule has 0 saturated carbocycles. The van der Waals surface area contributed by atoms with Crippen LogP contribution in [0, 0.1) is 5.82 Å². The van der Waals surface area contributed by atoms with Crippen molar-refractivity contribution in [2.75, 3.05) is 27.3 Å². The van der Waals surface area contributed by atoms with Gasteiger partial charge in [-0.05, 0) is 34.1 Å². The molecule has 0 saturated heterocycles. The lowest BCUT2D eigenvalue weighted by Gasteiger charge is -2.20. The van der Waals surface area contributed by atoms with Crippen LogP contribution >= 0.6 is 15.9 Å². The molecule has 0 aliphatic carbocycles. The monoisotopic (exact) mass is 319 g/mol. The van der Waals surface area contributed by atoms with Gasteiger partial charge in [-0.2, -0.15) is 0 Å². The first-order valence-corrected chi connectivity index (χ1v) is 6.12. The number of likely N-dealkylation sites (N-methyl/N-ethyl adjacent to an activating group) is 1. The molecule has 4 nitrogen and oxygen atoms in total. The van der Waals surface area contributed by atoms with Crippen LogP contribution < -0.4 is 0 Å². The fourth-order valence-corrected chi connectivity index (χ4v) is 1.87. The summed E-state index contributed by atoms with van der Waals surface area (Å²) in [7, 11) is 3.04. The van der Waals surface area contributed by atoms with Crippen molar-refractivity contribution < 1.29 is 19.0 Å². The summed E-state index contributed by atoms with van der Waals surface area (Å²) in [4.78, 5) is 13.3. The van der Waals surface area contributed by atoms with Crippen LogP contribution in [0.3, 0.4) is 0 Å². The number of rotatable bonds is 5. The maximum atomic E-state index is 13.0. The Morgan fingerprint density at radius 1 is 1.61 bits per heavy atom. The van der Waals surface area contributed by atoms with Crippen molar-refractivity contribution >= 4 is 21.8 Å². The van der Waals surface area contributed by atoms with E-state index in [2.05, 4.69) is 15.9 Å². The molecule has 1 N–H and O–H groups in total. The molecule has 18 heavy (non-hydrogen) atoms. The molecular formula is C12H15BrFNO3. The average Bonchev–Trinajstić information content (AvgIpc) is 2.32. The average molecular weight is 320 g/mol. The standard InChI is InChI=1S/C12H15BrFNO3/c1-15(6-9(16)7-18-2)12(17)8-3-4-11(14)10(13)5-8/h3-5,9,16H,6-7H2,1-2H3/t9-/m0/s1. The molecule has 1 amide bonds. The molecule has 0 aromatic heterocycles. The Bertz CT molecular complexity index is 428. The van der Waals surface area contributed by atoms with E-state index in [1.54, 1.807) is 7.05 Å². The topological polar surface area (TPSA) is 49.8 Å². The van der Waals surface area contributed by atoms with Crippen LogP contribution in [-0.2, 0) is 4.74 Å². The van der Waals surface area contributed by atoms with Gasteiger partial charge < -0.3 is 14.7 Å². The number of hydrogen-bond acceptors (Lipinski definition) is 3. The Morgan fingerprint density at radius 3 is 2.83 bits per heavy atom. The third kappa shape index (κ3) is 4.04. The lowest BCUT2D eigenvalue weighted by atomic mass is 10.2. The summed E-state index contributed by atoms with van der Waals surface area (Å²) >= 11 is 3.02. The van der Waals surface area contributed by atoms with Crippen LogP contribution in [0.2, 0.25) is 0 Å². The molecule has 0 spiro atoms. The minimum Gasteiger partial charge on any atom is -0.389 e. The molecule has 0 aliphatic rings. The second-order valence-electron chi connectivity index (χ2n) is 3.92. The van der Waals surface area contributed by atoms with Crippen LogP contribution in [-0.4, -0.2) is 49.3 Å². The zero-order valence-corrected chi connectivity index (χ0v) is 11.8. The van der Waals surface area contributed by atoms with E-state index in [-0.39, 0.29) is 23.5 Å². The van der Waals surface area contributed by atoms with E-state index in [1.807, 2.05) is 0 Å². The summed E-state index contributed by atoms with van der Waals surface area (Å²) in [6.07, 6.45) is -0.743. The number of aliphatic hydroxyl groups excluding tert-OH is 1. The van der Waals surface area contributed by atoms with E-state index in [4.69, 9.17) is 4.74 Å². The van der Waals surface area contributed by atoms with Gasteiger partial charge >= 0.3 is 0 Å². The van der Waals surface area contributed by atoms with Gasteiger partial charge in [0.05, 0.1) is 17.2 Å². The number of methoxy groups -OCH3 is 1. The van der Waals surface area contributed by atoms with Crippen molar-refractivity contribution in [1.29, 1.82) is 0 Å². The van der Waals surface area contributed by atoms with Gasteiger partial charge in [0, 0.05) is 26.3 Å². The van der Waals surface area contributed by atoms with Gasteiger partial charge in [0.25, 0.3) is 5.91 Å². The van der Waals surface area contributed by atoms with Crippen LogP contribution in [0.4, 0.5) is 4.39 Å². The summed E-state index contributed by atoms with van der Waals surface area (Å²) in [5.41, 5.74) is 0.357. The lowest BCUT2D eigenvalue weighted by molar-refractivity contribution is 0.0380. The maximum Gasteiger partial charge on any atom is 0.253 e. The van der Waals surface area contributed by atoms with E-state index in [1.165, 1.54) is 30.2 Å². The van der Waals surface area contributed by atoms with Gasteiger partial charge in [0.15, 0.2) is 0 Å². The maximum absolute atomic E-state index is 13.0. The molecule has 0 radical (unpaired) electrons. The summed E-state index contributed by atoms with van der Waals surface area (Å²) in [6.45, 7) is 0.312. The van der Waals surface area contributed by atoms with E-state index < -0.39 is 11.9 Å². The number of halogens is 2. The van der Waals surface area contributed by atoms with Crippen molar-refractivity contribution in [2.24, 2.45) is 0 Å². The molecule has 0 heterocycles. The molecule has 1 aromatic rings. The van der Waals surface area contributed by atoms with Crippen LogP contribution in [0.25, 0.3) is 0 Å². The number of carbonyl (C=O) groups excluding carboxylic acids is 1. The first kappa shape index (κ1) is 15.1. The normalized spacial score (nSPS) is 12.3. The summed E-state index contributed by atoms with van der Waals surface area (Å²) in [6, 6.07) is 4.04. The highest BCUT2D eigenvalue weighted by molar-refractivity contribution is 9.10. The van der Waals surface area contributed by atoms with Crippen molar-refractivity contribution in [2.45, 2.75) is 6.10 Å². The molecule has 1 rings (SSSR count). The number of nitrogens with zero attached hydrogens (tertiary/aromatic N) is 1. The molecule has 0 aliphatic heterocycles. The third-order valence-corrected chi connectivity index (χ3v) is 2.96. The number of carbonyl (C=O) groups is 1. The van der Waals surface area contributed by atoms with Gasteiger partial charge in [-0.1, -0.05) is 0 Å². The summed E-state index contributed by atoms with van der Waals surface area (Å²) < 4.78 is 18.1. The van der Waals surface area contributed by atoms with Crippen LogP contribution in [0.1, 0.15) is 10.4 Å². The van der Waals surface area contributed by atoms with Crippen molar-refractivity contribution in [3.63, 3.8) is 0 Å². The van der Waals surface area contributed by atoms with E-state index >= 15 is 0 Å². The number of amides is 1. The summed E-state index contributed by atoms with van der Waals surface area (Å²) in [5.74, 6) is -0.709. The zero-order chi connectivity index (χ0) is 13.7. The second-order valence-corrected chi connectivity index (χ2v) is 4.78. The molecule has 100 valence electrons. The minimum atomic E-state index is -0.743. The quantitative estimate of drug-likeness (QED) is 0.898. The van der Waals surface area contributed by atoms with Gasteiger partial charge in [-0.15, -0.1) is 0 Å². The van der Waals surface area contributed by atoms with Gasteiger partial charge in [0.2, 0.25) is 0 Å². The fraction of sp³-hybridized carbons (Fsp3) is 0.417. The number of aliphatic hydroxyl groups is 1. The Morgan fingerprint density at radius 2 is 2.28 bits per heavy atom. The lowest BCUT2D eigenvalue weighted by Crippen LogP contribution is -2.36. The highest BCUT2D eigenvalue weighted by atomic mass is 79.9. The van der Waals surface area contributed by atoms with Crippen LogP contribution in [0.5, 0.6) is 0 Å². The molecule has 6 heteroatoms. The van der Waals surface area contributed by atoms with E-state index in [9.17, 15) is 14.3 Å². The van der Waals surface area contributed by atoms with Crippen LogP contribution in [0.15, 0.2) is 22.7 Å². The smallest absolute Gasteiger partial charge is 0.253 e. The highest BCUT2D eigenvalue weighted by Crippen LogP contribution is 2.17. The third-order valence-electron chi connectivity index (χ3n) is 2.36. The van der Waals surface area contributed by atoms with Gasteiger partial charge in [0.1, 0.15) is 5.82 Å². The van der Waals surface area contributed by atoms with Gasteiger partial charge in [-0.3, -0.25) is 4.79 Å². The Hall–Kier alpha value is -0.980. The minimum absolute atomic E-state index is 0.154. The molecule has 1 aromatic carbocycles. The predicted octanol–water partition coefficient (Wildman–Crippen LogP) is 1.67. The zero-order valence-electron chi connectivity index (χ0n) is 10.2. The summed E-state index contributed by atoms with van der Waals surface area (Å²) in [5, 5.41) is 9.53.